The van der Waals surface area contributed by atoms with Gasteiger partial charge in [0.1, 0.15) is 11.1 Å². The maximum atomic E-state index is 9.04. The third-order valence-electron chi connectivity index (χ3n) is 2.90. The second-order valence-corrected chi connectivity index (χ2v) is 5.29. The van der Waals surface area contributed by atoms with E-state index in [1.807, 2.05) is 31.2 Å². The molecule has 0 radical (unpaired) electrons. The number of fused-ring (bicyclic) bond motifs is 1. The van der Waals surface area contributed by atoms with Crippen LogP contribution in [-0.2, 0) is 0 Å². The molecule has 0 amide bonds. The lowest BCUT2D eigenvalue weighted by Crippen LogP contribution is -2.38. The molecule has 0 aliphatic carbocycles. The van der Waals surface area contributed by atoms with Gasteiger partial charge in [-0.3, -0.25) is 0 Å². The van der Waals surface area contributed by atoms with Crippen LogP contribution in [0.4, 0.5) is 0 Å². The van der Waals surface area contributed by atoms with Crippen LogP contribution >= 0.6 is 11.8 Å². The summed E-state index contributed by atoms with van der Waals surface area (Å²) in [5, 5.41) is 12.7. The van der Waals surface area contributed by atoms with Gasteiger partial charge in [-0.1, -0.05) is 23.9 Å². The van der Waals surface area contributed by atoms with Gasteiger partial charge in [0.2, 0.25) is 0 Å². The van der Waals surface area contributed by atoms with E-state index in [1.54, 1.807) is 7.05 Å². The molecule has 0 aliphatic rings. The first kappa shape index (κ1) is 12.9. The molecule has 0 fully saturated rings. The Morgan fingerprint density at radius 1 is 1.50 bits per heavy atom. The minimum absolute atomic E-state index is 0.487. The van der Waals surface area contributed by atoms with E-state index in [9.17, 15) is 0 Å². The van der Waals surface area contributed by atoms with E-state index in [1.165, 1.54) is 11.8 Å². The van der Waals surface area contributed by atoms with Gasteiger partial charge in [0.15, 0.2) is 5.58 Å². The van der Waals surface area contributed by atoms with Crippen molar-refractivity contribution in [2.75, 3.05) is 12.8 Å². The molecule has 0 saturated heterocycles. The van der Waals surface area contributed by atoms with Crippen molar-refractivity contribution in [1.82, 2.24) is 10.3 Å². The Morgan fingerprint density at radius 3 is 2.94 bits per heavy atom. The summed E-state index contributed by atoms with van der Waals surface area (Å²) < 4.78 is 5.60. The monoisotopic (exact) mass is 261 g/mol. The third kappa shape index (κ3) is 2.84. The number of nitrogens with one attached hydrogen (secondary N) is 1. The van der Waals surface area contributed by atoms with E-state index in [0.29, 0.717) is 5.22 Å². The average molecular weight is 261 g/mol. The first-order chi connectivity index (χ1) is 8.67. The molecule has 1 unspecified atom stereocenters. The zero-order valence-corrected chi connectivity index (χ0v) is 11.3. The summed E-state index contributed by atoms with van der Waals surface area (Å²) in [6.45, 7) is 1.89. The molecule has 5 heteroatoms. The van der Waals surface area contributed by atoms with E-state index < -0.39 is 5.54 Å². The van der Waals surface area contributed by atoms with Crippen molar-refractivity contribution in [3.63, 3.8) is 0 Å². The predicted molar refractivity (Wildman–Crippen MR) is 72.4 cm³/mol. The Kier molecular flexibility index (Phi) is 3.90. The van der Waals surface area contributed by atoms with Crippen LogP contribution in [0.3, 0.4) is 0 Å². The number of rotatable bonds is 5. The minimum atomic E-state index is -0.487. The molecule has 0 bridgehead atoms. The van der Waals surface area contributed by atoms with E-state index in [0.717, 1.165) is 23.3 Å². The molecule has 2 aromatic rings. The normalized spacial score (nSPS) is 14.3. The molecule has 4 nitrogen and oxygen atoms in total. The fourth-order valence-corrected chi connectivity index (χ4v) is 2.49. The van der Waals surface area contributed by atoms with Gasteiger partial charge in [-0.25, -0.2) is 4.98 Å². The van der Waals surface area contributed by atoms with Crippen molar-refractivity contribution < 1.29 is 4.42 Å². The number of para-hydroxylation sites is 2. The van der Waals surface area contributed by atoms with Crippen molar-refractivity contribution in [3.05, 3.63) is 24.3 Å². The second kappa shape index (κ2) is 5.42. The zero-order valence-electron chi connectivity index (χ0n) is 10.4. The molecule has 1 aromatic carbocycles. The number of thioether (sulfide) groups is 1. The first-order valence-electron chi connectivity index (χ1n) is 5.75. The SMILES string of the molecule is CNC(C)(C#N)CCSc1nc2ccccc2o1. The number of benzene rings is 1. The number of hydrogen-bond acceptors (Lipinski definition) is 5. The highest BCUT2D eigenvalue weighted by Crippen LogP contribution is 2.25. The fraction of sp³-hybridized carbons (Fsp3) is 0.385. The molecule has 0 spiro atoms. The van der Waals surface area contributed by atoms with Crippen LogP contribution in [0.5, 0.6) is 0 Å². The van der Waals surface area contributed by atoms with Crippen molar-refractivity contribution >= 4 is 22.9 Å². The number of oxazole rings is 1. The standard InChI is InChI=1S/C13H15N3OS/c1-13(9-14,15-2)7-8-18-12-16-10-5-3-4-6-11(10)17-12/h3-6,15H,7-8H2,1-2H3. The average Bonchev–Trinajstić information content (AvgIpc) is 2.81. The van der Waals surface area contributed by atoms with Crippen molar-refractivity contribution in [2.24, 2.45) is 0 Å². The van der Waals surface area contributed by atoms with Crippen LogP contribution in [0, 0.1) is 11.3 Å². The van der Waals surface area contributed by atoms with Gasteiger partial charge < -0.3 is 9.73 Å². The molecular formula is C13H15N3OS. The highest BCUT2D eigenvalue weighted by atomic mass is 32.2. The fourth-order valence-electron chi connectivity index (χ4n) is 1.49. The van der Waals surface area contributed by atoms with E-state index in [2.05, 4.69) is 16.4 Å². The summed E-state index contributed by atoms with van der Waals surface area (Å²) in [6, 6.07) is 9.96. The number of nitriles is 1. The lowest BCUT2D eigenvalue weighted by molar-refractivity contribution is 0.473. The molecule has 18 heavy (non-hydrogen) atoms. The summed E-state index contributed by atoms with van der Waals surface area (Å²) in [7, 11) is 1.80. The van der Waals surface area contributed by atoms with E-state index in [-0.39, 0.29) is 0 Å². The number of aromatic nitrogens is 1. The largest absolute Gasteiger partial charge is 0.431 e. The van der Waals surface area contributed by atoms with Crippen LogP contribution in [0.1, 0.15) is 13.3 Å². The van der Waals surface area contributed by atoms with Crippen LogP contribution in [0.2, 0.25) is 0 Å². The molecule has 2 rings (SSSR count). The molecule has 0 saturated carbocycles. The predicted octanol–water partition coefficient (Wildman–Crippen LogP) is 2.81. The minimum Gasteiger partial charge on any atom is -0.431 e. The van der Waals surface area contributed by atoms with Gasteiger partial charge in [0, 0.05) is 5.75 Å². The van der Waals surface area contributed by atoms with Gasteiger partial charge in [-0.2, -0.15) is 5.26 Å². The van der Waals surface area contributed by atoms with Gasteiger partial charge in [-0.05, 0) is 32.5 Å². The van der Waals surface area contributed by atoms with Crippen LogP contribution in [-0.4, -0.2) is 23.3 Å². The molecule has 1 heterocycles. The summed E-state index contributed by atoms with van der Waals surface area (Å²) >= 11 is 1.53. The Balaban J connectivity index is 1.97. The van der Waals surface area contributed by atoms with E-state index in [4.69, 9.17) is 9.68 Å². The number of nitrogens with zero attached hydrogens (tertiary/aromatic N) is 2. The van der Waals surface area contributed by atoms with Gasteiger partial charge in [0.25, 0.3) is 5.22 Å². The van der Waals surface area contributed by atoms with Crippen LogP contribution in [0.15, 0.2) is 33.9 Å². The quantitative estimate of drug-likeness (QED) is 0.838. The van der Waals surface area contributed by atoms with Crippen molar-refractivity contribution in [2.45, 2.75) is 24.1 Å². The summed E-state index contributed by atoms with van der Waals surface area (Å²) in [5.74, 6) is 0.789. The van der Waals surface area contributed by atoms with Crippen molar-refractivity contribution in [3.8, 4) is 6.07 Å². The van der Waals surface area contributed by atoms with E-state index >= 15 is 0 Å². The lowest BCUT2D eigenvalue weighted by atomic mass is 10.0. The lowest BCUT2D eigenvalue weighted by Gasteiger charge is -2.19. The number of hydrogen-bond donors (Lipinski definition) is 1. The van der Waals surface area contributed by atoms with Crippen LogP contribution < -0.4 is 5.32 Å². The highest BCUT2D eigenvalue weighted by molar-refractivity contribution is 7.99. The Bertz CT molecular complexity index is 542. The Labute approximate surface area is 110 Å². The topological polar surface area (TPSA) is 61.9 Å². The molecule has 1 N–H and O–H groups in total. The third-order valence-corrected chi connectivity index (χ3v) is 3.73. The molecule has 1 atom stereocenters. The second-order valence-electron chi connectivity index (χ2n) is 4.24. The molecule has 94 valence electrons. The molecule has 1 aromatic heterocycles. The summed E-state index contributed by atoms with van der Waals surface area (Å²) in [5.41, 5.74) is 1.19. The molecule has 0 aliphatic heterocycles. The summed E-state index contributed by atoms with van der Waals surface area (Å²) in [4.78, 5) is 4.38. The van der Waals surface area contributed by atoms with Crippen molar-refractivity contribution in [1.29, 1.82) is 5.26 Å². The maximum Gasteiger partial charge on any atom is 0.256 e. The van der Waals surface area contributed by atoms with Gasteiger partial charge in [0.05, 0.1) is 6.07 Å². The first-order valence-corrected chi connectivity index (χ1v) is 6.74. The molecular weight excluding hydrogens is 246 g/mol. The Hall–Kier alpha value is -1.51. The van der Waals surface area contributed by atoms with Crippen LogP contribution in [0.25, 0.3) is 11.1 Å². The smallest absolute Gasteiger partial charge is 0.256 e. The maximum absolute atomic E-state index is 9.04. The summed E-state index contributed by atoms with van der Waals surface area (Å²) in [6.07, 6.45) is 0.739. The zero-order chi connectivity index (χ0) is 13.0. The highest BCUT2D eigenvalue weighted by Gasteiger charge is 2.20. The Morgan fingerprint density at radius 2 is 2.28 bits per heavy atom. The van der Waals surface area contributed by atoms with Gasteiger partial charge in [-0.15, -0.1) is 0 Å². The van der Waals surface area contributed by atoms with Gasteiger partial charge >= 0.3 is 0 Å².